The zero-order chi connectivity index (χ0) is 13.2. The lowest BCUT2D eigenvalue weighted by Gasteiger charge is -2.14. The monoisotopic (exact) mass is 257 g/mol. The van der Waals surface area contributed by atoms with E-state index >= 15 is 0 Å². The molecular formula is C14H15N3O2. The Morgan fingerprint density at radius 3 is 2.84 bits per heavy atom. The minimum atomic E-state index is -0.0620. The second-order valence-electron chi connectivity index (χ2n) is 4.73. The lowest BCUT2D eigenvalue weighted by molar-refractivity contribution is 0.0791. The normalized spacial score (nSPS) is 18.8. The van der Waals surface area contributed by atoms with Crippen LogP contribution in [0, 0.1) is 0 Å². The Labute approximate surface area is 111 Å². The highest BCUT2D eigenvalue weighted by Gasteiger charge is 2.28. The number of rotatable bonds is 2. The first-order valence-electron chi connectivity index (χ1n) is 6.30. The predicted octanol–water partition coefficient (Wildman–Crippen LogP) is 1.51. The molecular weight excluding hydrogens is 242 g/mol. The van der Waals surface area contributed by atoms with Gasteiger partial charge in [0, 0.05) is 24.7 Å². The van der Waals surface area contributed by atoms with Crippen molar-refractivity contribution < 1.29 is 9.32 Å². The van der Waals surface area contributed by atoms with Gasteiger partial charge in [-0.25, -0.2) is 0 Å². The summed E-state index contributed by atoms with van der Waals surface area (Å²) >= 11 is 0. The second-order valence-corrected chi connectivity index (χ2v) is 4.73. The number of nitrogens with zero attached hydrogens (tertiary/aromatic N) is 2. The van der Waals surface area contributed by atoms with Crippen molar-refractivity contribution in [3.05, 3.63) is 42.1 Å². The highest BCUT2D eigenvalue weighted by Crippen LogP contribution is 2.25. The predicted molar refractivity (Wildman–Crippen MR) is 70.4 cm³/mol. The summed E-state index contributed by atoms with van der Waals surface area (Å²) in [5.74, 6) is 0.458. The van der Waals surface area contributed by atoms with Crippen LogP contribution in [-0.4, -0.2) is 35.1 Å². The molecule has 1 amide bonds. The number of hydrogen-bond donors (Lipinski definition) is 1. The fraction of sp³-hybridized carbons (Fsp3) is 0.286. The molecule has 1 aliphatic heterocycles. The Balaban J connectivity index is 1.90. The molecule has 0 bridgehead atoms. The molecule has 1 aromatic heterocycles. The van der Waals surface area contributed by atoms with Crippen LogP contribution in [0.2, 0.25) is 0 Å². The molecule has 1 saturated heterocycles. The summed E-state index contributed by atoms with van der Waals surface area (Å²) in [5.41, 5.74) is 7.19. The molecule has 2 heterocycles. The number of likely N-dealkylation sites (tertiary alicyclic amines) is 1. The maximum Gasteiger partial charge on any atom is 0.259 e. The van der Waals surface area contributed by atoms with Gasteiger partial charge >= 0.3 is 0 Å². The largest absolute Gasteiger partial charge is 0.355 e. The fourth-order valence-corrected chi connectivity index (χ4v) is 2.33. The van der Waals surface area contributed by atoms with Crippen LogP contribution in [0.4, 0.5) is 0 Å². The van der Waals surface area contributed by atoms with E-state index < -0.39 is 0 Å². The van der Waals surface area contributed by atoms with Crippen molar-refractivity contribution in [1.29, 1.82) is 0 Å². The van der Waals surface area contributed by atoms with Crippen LogP contribution in [0.1, 0.15) is 16.8 Å². The van der Waals surface area contributed by atoms with E-state index in [1.165, 1.54) is 6.20 Å². The number of nitrogens with two attached hydrogens (primary N) is 1. The first kappa shape index (κ1) is 11.9. The van der Waals surface area contributed by atoms with Crippen LogP contribution < -0.4 is 5.73 Å². The molecule has 0 radical (unpaired) electrons. The summed E-state index contributed by atoms with van der Waals surface area (Å²) in [7, 11) is 0. The quantitative estimate of drug-likeness (QED) is 0.885. The number of benzene rings is 1. The summed E-state index contributed by atoms with van der Waals surface area (Å²) in [6.45, 7) is 1.29. The number of amides is 1. The van der Waals surface area contributed by atoms with E-state index in [-0.39, 0.29) is 11.9 Å². The van der Waals surface area contributed by atoms with Crippen molar-refractivity contribution in [1.82, 2.24) is 10.1 Å². The Morgan fingerprint density at radius 2 is 2.16 bits per heavy atom. The van der Waals surface area contributed by atoms with E-state index in [0.29, 0.717) is 24.4 Å². The lowest BCUT2D eigenvalue weighted by Crippen LogP contribution is -2.31. The first-order chi connectivity index (χ1) is 9.25. The maximum absolute atomic E-state index is 12.4. The first-order valence-corrected chi connectivity index (χ1v) is 6.30. The van der Waals surface area contributed by atoms with Crippen molar-refractivity contribution >= 4 is 5.91 Å². The summed E-state index contributed by atoms with van der Waals surface area (Å²) in [5, 5.41) is 3.76. The van der Waals surface area contributed by atoms with Gasteiger partial charge in [-0.05, 0) is 6.42 Å². The zero-order valence-electron chi connectivity index (χ0n) is 10.5. The van der Waals surface area contributed by atoms with Gasteiger partial charge < -0.3 is 15.2 Å². The molecule has 5 nitrogen and oxygen atoms in total. The van der Waals surface area contributed by atoms with Crippen molar-refractivity contribution in [2.24, 2.45) is 5.73 Å². The standard InChI is InChI=1S/C14H15N3O2/c15-11-6-7-17(9-11)14(18)12-8-16-19-13(12)10-4-2-1-3-5-10/h1-5,8,11H,6-7,9,15H2/t11-/m1/s1. The SMILES string of the molecule is N[C@@H]1CCN(C(=O)c2cnoc2-c2ccccc2)C1. The molecule has 19 heavy (non-hydrogen) atoms. The van der Waals surface area contributed by atoms with E-state index in [9.17, 15) is 4.79 Å². The van der Waals surface area contributed by atoms with Gasteiger partial charge in [0.15, 0.2) is 5.76 Å². The van der Waals surface area contributed by atoms with Crippen molar-refractivity contribution in [2.45, 2.75) is 12.5 Å². The average Bonchev–Trinajstić information content (AvgIpc) is 3.07. The molecule has 1 aliphatic rings. The number of hydrogen-bond acceptors (Lipinski definition) is 4. The van der Waals surface area contributed by atoms with Crippen LogP contribution in [0.15, 0.2) is 41.1 Å². The Morgan fingerprint density at radius 1 is 1.37 bits per heavy atom. The minimum Gasteiger partial charge on any atom is -0.355 e. The van der Waals surface area contributed by atoms with E-state index in [4.69, 9.17) is 10.3 Å². The van der Waals surface area contributed by atoms with Crippen LogP contribution in [0.3, 0.4) is 0 Å². The summed E-state index contributed by atoms with van der Waals surface area (Å²) in [6, 6.07) is 9.58. The highest BCUT2D eigenvalue weighted by molar-refractivity contribution is 5.99. The number of carbonyl (C=O) groups excluding carboxylic acids is 1. The second kappa shape index (κ2) is 4.85. The molecule has 1 aromatic carbocycles. The van der Waals surface area contributed by atoms with Gasteiger partial charge in [0.2, 0.25) is 0 Å². The molecule has 0 unspecified atom stereocenters. The Hall–Kier alpha value is -2.14. The Bertz CT molecular complexity index is 579. The zero-order valence-corrected chi connectivity index (χ0v) is 10.5. The van der Waals surface area contributed by atoms with E-state index in [2.05, 4.69) is 5.16 Å². The molecule has 0 aliphatic carbocycles. The van der Waals surface area contributed by atoms with Crippen molar-refractivity contribution in [2.75, 3.05) is 13.1 Å². The van der Waals surface area contributed by atoms with Gasteiger partial charge in [0.25, 0.3) is 5.91 Å². The van der Waals surface area contributed by atoms with Crippen molar-refractivity contribution in [3.63, 3.8) is 0 Å². The van der Waals surface area contributed by atoms with E-state index in [1.807, 2.05) is 30.3 Å². The summed E-state index contributed by atoms with van der Waals surface area (Å²) in [4.78, 5) is 14.2. The molecule has 98 valence electrons. The Kier molecular flexibility index (Phi) is 3.05. The van der Waals surface area contributed by atoms with Gasteiger partial charge in [-0.2, -0.15) is 0 Å². The van der Waals surface area contributed by atoms with Gasteiger partial charge in [-0.1, -0.05) is 35.5 Å². The molecule has 3 rings (SSSR count). The van der Waals surface area contributed by atoms with E-state index in [1.54, 1.807) is 4.90 Å². The topological polar surface area (TPSA) is 72.4 Å². The third-order valence-electron chi connectivity index (χ3n) is 3.35. The van der Waals surface area contributed by atoms with Gasteiger partial charge in [-0.3, -0.25) is 4.79 Å². The van der Waals surface area contributed by atoms with Gasteiger partial charge in [0.1, 0.15) is 5.56 Å². The number of carbonyl (C=O) groups is 1. The lowest BCUT2D eigenvalue weighted by atomic mass is 10.1. The molecule has 0 spiro atoms. The fourth-order valence-electron chi connectivity index (χ4n) is 2.33. The minimum absolute atomic E-state index is 0.0620. The third-order valence-corrected chi connectivity index (χ3v) is 3.35. The summed E-state index contributed by atoms with van der Waals surface area (Å²) in [6.07, 6.45) is 2.33. The van der Waals surface area contributed by atoms with Gasteiger partial charge in [0.05, 0.1) is 6.20 Å². The van der Waals surface area contributed by atoms with Crippen molar-refractivity contribution in [3.8, 4) is 11.3 Å². The highest BCUT2D eigenvalue weighted by atomic mass is 16.5. The molecule has 5 heteroatoms. The van der Waals surface area contributed by atoms with E-state index in [0.717, 1.165) is 12.0 Å². The molecule has 1 fully saturated rings. The third kappa shape index (κ3) is 2.24. The number of aromatic nitrogens is 1. The smallest absolute Gasteiger partial charge is 0.259 e. The van der Waals surface area contributed by atoms with Gasteiger partial charge in [-0.15, -0.1) is 0 Å². The molecule has 1 atom stereocenters. The van der Waals surface area contributed by atoms with Crippen LogP contribution in [0.5, 0.6) is 0 Å². The maximum atomic E-state index is 12.4. The van der Waals surface area contributed by atoms with Crippen LogP contribution >= 0.6 is 0 Å². The summed E-state index contributed by atoms with van der Waals surface area (Å²) < 4.78 is 5.23. The molecule has 0 saturated carbocycles. The molecule has 2 N–H and O–H groups in total. The van der Waals surface area contributed by atoms with Crippen LogP contribution in [0.25, 0.3) is 11.3 Å². The average molecular weight is 257 g/mol. The van der Waals surface area contributed by atoms with Crippen LogP contribution in [-0.2, 0) is 0 Å². The molecule has 2 aromatic rings.